The number of aromatic nitrogens is 2. The summed E-state index contributed by atoms with van der Waals surface area (Å²) in [6, 6.07) is 5.27. The second-order valence-corrected chi connectivity index (χ2v) is 7.32. The van der Waals surface area contributed by atoms with Crippen LogP contribution in [0.2, 0.25) is 5.15 Å². The van der Waals surface area contributed by atoms with Gasteiger partial charge in [0.25, 0.3) is 10.0 Å². The molecule has 2 aromatic heterocycles. The van der Waals surface area contributed by atoms with E-state index in [4.69, 9.17) is 16.3 Å². The quantitative estimate of drug-likeness (QED) is 0.855. The second kappa shape index (κ2) is 5.57. The Morgan fingerprint density at radius 1 is 1.48 bits per heavy atom. The molecule has 1 saturated heterocycles. The van der Waals surface area contributed by atoms with Crippen molar-refractivity contribution in [2.24, 2.45) is 5.92 Å². The number of ether oxygens (including phenoxy) is 1. The highest BCUT2D eigenvalue weighted by atomic mass is 35.5. The van der Waals surface area contributed by atoms with Crippen LogP contribution >= 0.6 is 11.6 Å². The third-order valence-electron chi connectivity index (χ3n) is 3.68. The lowest BCUT2D eigenvalue weighted by Gasteiger charge is -2.16. The molecule has 114 valence electrons. The van der Waals surface area contributed by atoms with E-state index < -0.39 is 10.0 Å². The predicted octanol–water partition coefficient (Wildman–Crippen LogP) is 1.64. The van der Waals surface area contributed by atoms with Crippen LogP contribution in [0, 0.1) is 5.92 Å². The first-order valence-corrected chi connectivity index (χ1v) is 8.47. The zero-order valence-corrected chi connectivity index (χ0v) is 13.1. The lowest BCUT2D eigenvalue weighted by molar-refractivity contribution is 0.157. The van der Waals surface area contributed by atoms with Crippen molar-refractivity contribution < 1.29 is 13.2 Å². The highest BCUT2D eigenvalue weighted by molar-refractivity contribution is 7.89. The number of imidazole rings is 1. The summed E-state index contributed by atoms with van der Waals surface area (Å²) in [5.41, 5.74) is 0.522. The molecule has 0 radical (unpaired) electrons. The van der Waals surface area contributed by atoms with Crippen molar-refractivity contribution in [3.05, 3.63) is 29.5 Å². The van der Waals surface area contributed by atoms with E-state index in [0.717, 1.165) is 6.42 Å². The number of sulfonamides is 1. The van der Waals surface area contributed by atoms with Crippen LogP contribution in [-0.2, 0) is 14.8 Å². The van der Waals surface area contributed by atoms with Crippen molar-refractivity contribution in [2.75, 3.05) is 26.8 Å². The van der Waals surface area contributed by atoms with E-state index >= 15 is 0 Å². The number of rotatable bonds is 4. The van der Waals surface area contributed by atoms with Crippen molar-refractivity contribution in [1.29, 1.82) is 0 Å². The van der Waals surface area contributed by atoms with Crippen molar-refractivity contribution in [1.82, 2.24) is 13.7 Å². The molecular weight excluding hydrogens is 314 g/mol. The van der Waals surface area contributed by atoms with Gasteiger partial charge >= 0.3 is 0 Å². The molecule has 21 heavy (non-hydrogen) atoms. The minimum atomic E-state index is -3.66. The molecule has 0 saturated carbocycles. The molecule has 0 N–H and O–H groups in total. The van der Waals surface area contributed by atoms with E-state index in [2.05, 4.69) is 4.98 Å². The topological polar surface area (TPSA) is 63.9 Å². The molecule has 0 bridgehead atoms. The second-order valence-electron chi connectivity index (χ2n) is 5.11. The predicted molar refractivity (Wildman–Crippen MR) is 78.9 cm³/mol. The molecule has 1 aliphatic rings. The molecule has 6 nitrogen and oxygen atoms in total. The van der Waals surface area contributed by atoms with Gasteiger partial charge in [0.05, 0.1) is 6.61 Å². The van der Waals surface area contributed by atoms with E-state index in [1.807, 2.05) is 0 Å². The van der Waals surface area contributed by atoms with Gasteiger partial charge in [-0.3, -0.25) is 4.40 Å². The highest BCUT2D eigenvalue weighted by Gasteiger charge is 2.36. The highest BCUT2D eigenvalue weighted by Crippen LogP contribution is 2.29. The molecule has 1 fully saturated rings. The lowest BCUT2D eigenvalue weighted by Crippen LogP contribution is -2.30. The fraction of sp³-hybridized carbons (Fsp3) is 0.462. The standard InChI is InChI=1S/C13H16ClN3O3S/c1-20-9-10-5-7-16(8-10)21(18,19)13-12(14)15-11-4-2-3-6-17(11)13/h2-4,6,10H,5,7-9H2,1H3. The summed E-state index contributed by atoms with van der Waals surface area (Å²) in [6.45, 7) is 1.49. The molecule has 0 amide bonds. The summed E-state index contributed by atoms with van der Waals surface area (Å²) in [7, 11) is -2.03. The fourth-order valence-electron chi connectivity index (χ4n) is 2.68. The minimum Gasteiger partial charge on any atom is -0.384 e. The molecule has 1 unspecified atom stereocenters. The van der Waals surface area contributed by atoms with E-state index in [1.165, 1.54) is 8.71 Å². The number of methoxy groups -OCH3 is 1. The smallest absolute Gasteiger partial charge is 0.262 e. The van der Waals surface area contributed by atoms with Gasteiger partial charge in [0.15, 0.2) is 10.2 Å². The van der Waals surface area contributed by atoms with E-state index in [1.54, 1.807) is 31.5 Å². The molecule has 2 aromatic rings. The summed E-state index contributed by atoms with van der Waals surface area (Å²) in [6.07, 6.45) is 2.45. The minimum absolute atomic E-state index is 0.0105. The Bertz CT molecular complexity index is 759. The largest absolute Gasteiger partial charge is 0.384 e. The number of halogens is 1. The van der Waals surface area contributed by atoms with Gasteiger partial charge in [0.1, 0.15) is 5.65 Å². The summed E-state index contributed by atoms with van der Waals surface area (Å²) >= 11 is 6.07. The van der Waals surface area contributed by atoms with E-state index in [9.17, 15) is 8.42 Å². The van der Waals surface area contributed by atoms with Crippen LogP contribution < -0.4 is 0 Å². The van der Waals surface area contributed by atoms with Gasteiger partial charge < -0.3 is 4.74 Å². The Morgan fingerprint density at radius 3 is 3.05 bits per heavy atom. The Balaban J connectivity index is 2.00. The van der Waals surface area contributed by atoms with Gasteiger partial charge in [0, 0.05) is 26.4 Å². The molecule has 0 aromatic carbocycles. The summed E-state index contributed by atoms with van der Waals surface area (Å²) in [5, 5.41) is 0.0502. The first-order chi connectivity index (χ1) is 10.0. The van der Waals surface area contributed by atoms with E-state index in [0.29, 0.717) is 25.3 Å². The van der Waals surface area contributed by atoms with Gasteiger partial charge in [-0.25, -0.2) is 13.4 Å². The van der Waals surface area contributed by atoms with Gasteiger partial charge in [-0.1, -0.05) is 17.7 Å². The van der Waals surface area contributed by atoms with Crippen LogP contribution in [-0.4, -0.2) is 48.9 Å². The van der Waals surface area contributed by atoms with Crippen LogP contribution in [0.15, 0.2) is 29.4 Å². The summed E-state index contributed by atoms with van der Waals surface area (Å²) in [4.78, 5) is 4.10. The average molecular weight is 330 g/mol. The average Bonchev–Trinajstić information content (AvgIpc) is 3.02. The monoisotopic (exact) mass is 329 g/mol. The molecule has 3 rings (SSSR count). The van der Waals surface area contributed by atoms with Gasteiger partial charge in [-0.05, 0) is 24.5 Å². The van der Waals surface area contributed by atoms with Crippen molar-refractivity contribution in [2.45, 2.75) is 11.4 Å². The van der Waals surface area contributed by atoms with Gasteiger partial charge in [-0.15, -0.1) is 0 Å². The van der Waals surface area contributed by atoms with Gasteiger partial charge in [-0.2, -0.15) is 4.31 Å². The number of hydrogen-bond donors (Lipinski definition) is 0. The zero-order valence-electron chi connectivity index (χ0n) is 11.6. The SMILES string of the molecule is COCC1CCN(S(=O)(=O)c2c(Cl)nc3ccccn23)C1. The third-order valence-corrected chi connectivity index (χ3v) is 5.95. The van der Waals surface area contributed by atoms with Crippen LogP contribution in [0.5, 0.6) is 0 Å². The summed E-state index contributed by atoms with van der Waals surface area (Å²) < 4.78 is 33.7. The van der Waals surface area contributed by atoms with Crippen LogP contribution in [0.25, 0.3) is 5.65 Å². The number of pyridine rings is 1. The Hall–Kier alpha value is -1.15. The number of hydrogen-bond acceptors (Lipinski definition) is 4. The maximum absolute atomic E-state index is 12.8. The van der Waals surface area contributed by atoms with Crippen LogP contribution in [0.3, 0.4) is 0 Å². The Kier molecular flexibility index (Phi) is 3.92. The molecule has 8 heteroatoms. The van der Waals surface area contributed by atoms with E-state index in [-0.39, 0.29) is 16.1 Å². The summed E-state index contributed by atoms with van der Waals surface area (Å²) in [5.74, 6) is 0.225. The van der Waals surface area contributed by atoms with Crippen molar-refractivity contribution in [3.63, 3.8) is 0 Å². The molecular formula is C13H16ClN3O3S. The van der Waals surface area contributed by atoms with Crippen molar-refractivity contribution >= 4 is 27.3 Å². The fourth-order valence-corrected chi connectivity index (χ4v) is 4.81. The molecule has 0 aliphatic carbocycles. The lowest BCUT2D eigenvalue weighted by atomic mass is 10.1. The first-order valence-electron chi connectivity index (χ1n) is 6.65. The normalized spacial score (nSPS) is 20.4. The molecule has 0 spiro atoms. The molecule has 1 atom stereocenters. The number of fused-ring (bicyclic) bond motifs is 1. The Morgan fingerprint density at radius 2 is 2.29 bits per heavy atom. The van der Waals surface area contributed by atoms with Crippen LogP contribution in [0.4, 0.5) is 0 Å². The third kappa shape index (κ3) is 2.55. The maximum Gasteiger partial charge on any atom is 0.262 e. The zero-order chi connectivity index (χ0) is 15.0. The first kappa shape index (κ1) is 14.8. The van der Waals surface area contributed by atoms with Crippen LogP contribution in [0.1, 0.15) is 6.42 Å². The van der Waals surface area contributed by atoms with Crippen molar-refractivity contribution in [3.8, 4) is 0 Å². The molecule has 1 aliphatic heterocycles. The van der Waals surface area contributed by atoms with Gasteiger partial charge in [0.2, 0.25) is 0 Å². The number of nitrogens with zero attached hydrogens (tertiary/aromatic N) is 3. The Labute approximate surface area is 128 Å². The maximum atomic E-state index is 12.8. The molecule has 3 heterocycles.